The molecule has 2 saturated heterocycles. The van der Waals surface area contributed by atoms with Gasteiger partial charge < -0.3 is 15.3 Å². The van der Waals surface area contributed by atoms with E-state index in [2.05, 4.69) is 5.32 Å². The van der Waals surface area contributed by atoms with Gasteiger partial charge in [0, 0.05) is 5.25 Å². The van der Waals surface area contributed by atoms with Gasteiger partial charge in [0.25, 0.3) is 0 Å². The second-order valence-electron chi connectivity index (χ2n) is 5.95. The minimum atomic E-state index is -1.84. The second kappa shape index (κ2) is 6.08. The highest BCUT2D eigenvalue weighted by molar-refractivity contribution is 8.01. The maximum absolute atomic E-state index is 13.5. The highest BCUT2D eigenvalue weighted by Gasteiger charge is 2.68. The van der Waals surface area contributed by atoms with Gasteiger partial charge in [-0.1, -0.05) is 37.3 Å². The number of carboxylic acids is 1. The largest absolute Gasteiger partial charge is 0.479 e. The van der Waals surface area contributed by atoms with Gasteiger partial charge >= 0.3 is 5.97 Å². The zero-order chi connectivity index (χ0) is 17.5. The van der Waals surface area contributed by atoms with Crippen molar-refractivity contribution in [2.24, 2.45) is 0 Å². The summed E-state index contributed by atoms with van der Waals surface area (Å²) >= 11 is 1.20. The molecule has 3 rings (SSSR count). The van der Waals surface area contributed by atoms with Crippen LogP contribution in [0.1, 0.15) is 12.5 Å². The van der Waals surface area contributed by atoms with Gasteiger partial charge in [0.1, 0.15) is 18.1 Å². The van der Waals surface area contributed by atoms with E-state index in [1.165, 1.54) is 11.8 Å². The summed E-state index contributed by atoms with van der Waals surface area (Å²) in [5, 5.41) is 10.9. The van der Waals surface area contributed by atoms with Crippen LogP contribution in [0.25, 0.3) is 0 Å². The van der Waals surface area contributed by atoms with E-state index in [-0.39, 0.29) is 12.3 Å². The van der Waals surface area contributed by atoms with Crippen LogP contribution in [0, 0.1) is 0 Å². The molecule has 6 nitrogen and oxygen atoms in total. The average Bonchev–Trinajstić information content (AvgIpc) is 2.84. The van der Waals surface area contributed by atoms with Crippen LogP contribution in [0.15, 0.2) is 30.3 Å². The van der Waals surface area contributed by atoms with Gasteiger partial charge in [0.15, 0.2) is 5.54 Å². The summed E-state index contributed by atoms with van der Waals surface area (Å²) in [7, 11) is 0. The molecule has 2 N–H and O–H groups in total. The van der Waals surface area contributed by atoms with Crippen molar-refractivity contribution in [3.8, 4) is 0 Å². The molecule has 0 spiro atoms. The number of nitrogens with zero attached hydrogens (tertiary/aromatic N) is 1. The molecule has 2 aliphatic rings. The number of alkyl halides is 1. The maximum atomic E-state index is 13.5. The molecule has 24 heavy (non-hydrogen) atoms. The molecule has 4 unspecified atom stereocenters. The fourth-order valence-corrected chi connectivity index (χ4v) is 4.87. The predicted octanol–water partition coefficient (Wildman–Crippen LogP) is 0.810. The average molecular weight is 352 g/mol. The van der Waals surface area contributed by atoms with E-state index in [1.807, 2.05) is 18.2 Å². The second-order valence-corrected chi connectivity index (χ2v) is 7.41. The van der Waals surface area contributed by atoms with E-state index < -0.39 is 40.8 Å². The summed E-state index contributed by atoms with van der Waals surface area (Å²) in [6.07, 6.45) is 0.130. The number of benzene rings is 1. The van der Waals surface area contributed by atoms with Gasteiger partial charge in [-0.3, -0.25) is 9.59 Å². The topological polar surface area (TPSA) is 86.7 Å². The zero-order valence-corrected chi connectivity index (χ0v) is 13.8. The van der Waals surface area contributed by atoms with E-state index in [0.717, 1.165) is 10.5 Å². The first kappa shape index (κ1) is 16.8. The third-order valence-electron chi connectivity index (χ3n) is 4.59. The smallest absolute Gasteiger partial charge is 0.333 e. The number of hydrogen-bond donors (Lipinski definition) is 2. The predicted molar refractivity (Wildman–Crippen MR) is 86.1 cm³/mol. The summed E-state index contributed by atoms with van der Waals surface area (Å²) in [4.78, 5) is 37.0. The zero-order valence-electron chi connectivity index (χ0n) is 12.9. The lowest BCUT2D eigenvalue weighted by Gasteiger charge is -2.47. The van der Waals surface area contributed by atoms with E-state index in [4.69, 9.17) is 0 Å². The molecule has 1 aromatic rings. The van der Waals surface area contributed by atoms with Crippen LogP contribution in [0.5, 0.6) is 0 Å². The van der Waals surface area contributed by atoms with E-state index in [0.29, 0.717) is 0 Å². The first-order chi connectivity index (χ1) is 11.4. The highest BCUT2D eigenvalue weighted by atomic mass is 32.2. The molecular formula is C16H17FN2O4S. The Morgan fingerprint density at radius 1 is 1.38 bits per heavy atom. The Hall–Kier alpha value is -2.09. The lowest BCUT2D eigenvalue weighted by Crippen LogP contribution is -2.75. The number of carbonyl (C=O) groups excluding carboxylic acids is 2. The summed E-state index contributed by atoms with van der Waals surface area (Å²) in [6.45, 7) is 0.441. The standard InChI is InChI=1S/C16H17FN2O4S/c1-9-16(8-17,15(22)23)19-13(21)12(14(19)24-9)18-11(20)7-10-5-3-2-4-6-10/h2-6,9,12,14H,7-8H2,1H3,(H,18,20)(H,22,23). The molecule has 2 aliphatic heterocycles. The van der Waals surface area contributed by atoms with Gasteiger partial charge in [-0.25, -0.2) is 9.18 Å². The first-order valence-electron chi connectivity index (χ1n) is 7.53. The van der Waals surface area contributed by atoms with Crippen LogP contribution < -0.4 is 5.32 Å². The van der Waals surface area contributed by atoms with Crippen LogP contribution >= 0.6 is 11.8 Å². The number of fused-ring (bicyclic) bond motifs is 1. The Morgan fingerprint density at radius 2 is 2.04 bits per heavy atom. The SMILES string of the molecule is CC1SC2C(NC(=O)Cc3ccccc3)C(=O)N2C1(CF)C(=O)O. The number of halogens is 1. The number of carboxylic acid groups (broad SMARTS) is 1. The molecule has 2 fully saturated rings. The van der Waals surface area contributed by atoms with Gasteiger partial charge in [0.05, 0.1) is 6.42 Å². The lowest BCUT2D eigenvalue weighted by molar-refractivity contribution is -0.171. The van der Waals surface area contributed by atoms with Crippen LogP contribution in [0.2, 0.25) is 0 Å². The third-order valence-corrected chi connectivity index (χ3v) is 6.15. The molecule has 2 heterocycles. The number of carbonyl (C=O) groups is 3. The lowest BCUT2D eigenvalue weighted by atomic mass is 9.89. The number of nitrogens with one attached hydrogen (secondary N) is 1. The Kier molecular flexibility index (Phi) is 4.25. The van der Waals surface area contributed by atoms with Gasteiger partial charge in [-0.2, -0.15) is 0 Å². The molecule has 0 aliphatic carbocycles. The van der Waals surface area contributed by atoms with Crippen molar-refractivity contribution in [2.45, 2.75) is 35.5 Å². The van der Waals surface area contributed by atoms with Gasteiger partial charge in [0.2, 0.25) is 11.8 Å². The van der Waals surface area contributed by atoms with E-state index >= 15 is 0 Å². The highest BCUT2D eigenvalue weighted by Crippen LogP contribution is 2.50. The molecule has 0 bridgehead atoms. The number of aliphatic carboxylic acids is 1. The Bertz CT molecular complexity index is 686. The summed E-state index contributed by atoms with van der Waals surface area (Å²) in [5.41, 5.74) is -1.03. The molecule has 0 radical (unpaired) electrons. The minimum absolute atomic E-state index is 0.130. The molecule has 0 aromatic heterocycles. The maximum Gasteiger partial charge on any atom is 0.333 e. The summed E-state index contributed by atoms with van der Waals surface area (Å²) in [5.74, 6) is -2.21. The van der Waals surface area contributed by atoms with E-state index in [9.17, 15) is 23.9 Å². The summed E-state index contributed by atoms with van der Waals surface area (Å²) < 4.78 is 13.5. The Labute approximate surface area is 142 Å². The van der Waals surface area contributed by atoms with Crippen molar-refractivity contribution >= 4 is 29.5 Å². The molecule has 2 amide bonds. The fraction of sp³-hybridized carbons (Fsp3) is 0.438. The van der Waals surface area contributed by atoms with Gasteiger partial charge in [-0.05, 0) is 5.56 Å². The molecule has 128 valence electrons. The normalized spacial score (nSPS) is 31.3. The van der Waals surface area contributed by atoms with Crippen LogP contribution in [-0.4, -0.2) is 56.7 Å². The number of amides is 2. The van der Waals surface area contributed by atoms with Crippen LogP contribution in [0.3, 0.4) is 0 Å². The van der Waals surface area contributed by atoms with Crippen LogP contribution in [0.4, 0.5) is 4.39 Å². The molecule has 4 atom stereocenters. The van der Waals surface area contributed by atoms with Crippen molar-refractivity contribution in [3.05, 3.63) is 35.9 Å². The molecule has 0 saturated carbocycles. The van der Waals surface area contributed by atoms with Crippen molar-refractivity contribution < 1.29 is 23.9 Å². The molecule has 8 heteroatoms. The van der Waals surface area contributed by atoms with Crippen molar-refractivity contribution in [3.63, 3.8) is 0 Å². The molecule has 1 aromatic carbocycles. The monoisotopic (exact) mass is 352 g/mol. The number of hydrogen-bond acceptors (Lipinski definition) is 4. The quantitative estimate of drug-likeness (QED) is 0.766. The van der Waals surface area contributed by atoms with Crippen LogP contribution in [-0.2, 0) is 20.8 Å². The molecular weight excluding hydrogens is 335 g/mol. The Balaban J connectivity index is 1.70. The Morgan fingerprint density at radius 3 is 2.62 bits per heavy atom. The van der Waals surface area contributed by atoms with Crippen molar-refractivity contribution in [2.75, 3.05) is 6.67 Å². The number of thioether (sulfide) groups is 1. The minimum Gasteiger partial charge on any atom is -0.479 e. The van der Waals surface area contributed by atoms with Gasteiger partial charge in [-0.15, -0.1) is 11.8 Å². The van der Waals surface area contributed by atoms with Crippen molar-refractivity contribution in [1.82, 2.24) is 10.2 Å². The third kappa shape index (κ3) is 2.36. The number of β-lactam (4-membered cyclic amide) rings is 1. The fourth-order valence-electron chi connectivity index (χ4n) is 3.19. The number of rotatable bonds is 5. The summed E-state index contributed by atoms with van der Waals surface area (Å²) in [6, 6.07) is 8.28. The van der Waals surface area contributed by atoms with Crippen molar-refractivity contribution in [1.29, 1.82) is 0 Å². The first-order valence-corrected chi connectivity index (χ1v) is 8.47. The van der Waals surface area contributed by atoms with E-state index in [1.54, 1.807) is 19.1 Å².